The summed E-state index contributed by atoms with van der Waals surface area (Å²) in [6.45, 7) is 12.2. The molecule has 1 heterocycles. The lowest BCUT2D eigenvalue weighted by Gasteiger charge is -2.32. The van der Waals surface area contributed by atoms with Crippen molar-refractivity contribution in [1.29, 1.82) is 0 Å². The second-order valence-corrected chi connectivity index (χ2v) is 10.1. The summed E-state index contributed by atoms with van der Waals surface area (Å²) in [6.07, 6.45) is 2.99. The minimum absolute atomic E-state index is 0.0281. The summed E-state index contributed by atoms with van der Waals surface area (Å²) >= 11 is 0. The molecule has 0 aromatic heterocycles. The lowest BCUT2D eigenvalue weighted by molar-refractivity contribution is -0.145. The first kappa shape index (κ1) is 32.7. The van der Waals surface area contributed by atoms with Gasteiger partial charge in [-0.2, -0.15) is 0 Å². The number of nitrogens with zero attached hydrogens (tertiary/aromatic N) is 1. The van der Waals surface area contributed by atoms with Crippen molar-refractivity contribution in [3.8, 4) is 0 Å². The Morgan fingerprint density at radius 3 is 2.29 bits per heavy atom. The van der Waals surface area contributed by atoms with E-state index in [-0.39, 0.29) is 24.9 Å². The molecule has 0 bridgehead atoms. The maximum Gasteiger partial charge on any atom is 0.325 e. The van der Waals surface area contributed by atoms with Crippen molar-refractivity contribution in [2.75, 3.05) is 19.7 Å². The van der Waals surface area contributed by atoms with Gasteiger partial charge in [0, 0.05) is 6.54 Å². The zero-order valence-corrected chi connectivity index (χ0v) is 23.1. The highest BCUT2D eigenvalue weighted by Gasteiger charge is 2.40. The second-order valence-electron chi connectivity index (χ2n) is 10.1. The van der Waals surface area contributed by atoms with Crippen molar-refractivity contribution in [2.45, 2.75) is 84.5 Å². The molecule has 0 aliphatic carbocycles. The first-order valence-electron chi connectivity index (χ1n) is 13.1. The largest absolute Gasteiger partial charge is 0.460 e. The third-order valence-electron chi connectivity index (χ3n) is 6.28. The normalized spacial score (nSPS) is 17.4. The number of likely N-dealkylation sites (tertiary alicyclic amines) is 1. The summed E-state index contributed by atoms with van der Waals surface area (Å²) in [5, 5.41) is 7.53. The van der Waals surface area contributed by atoms with Gasteiger partial charge in [-0.05, 0) is 31.1 Å². The number of hydrogen-bond donors (Lipinski definition) is 4. The first-order valence-corrected chi connectivity index (χ1v) is 13.1. The Labute approximate surface area is 224 Å². The number of ketones is 1. The van der Waals surface area contributed by atoms with E-state index in [2.05, 4.69) is 22.5 Å². The van der Waals surface area contributed by atoms with Gasteiger partial charge in [0.05, 0.1) is 12.1 Å². The number of rotatable bonds is 15. The lowest BCUT2D eigenvalue weighted by Crippen LogP contribution is -2.59. The van der Waals surface area contributed by atoms with Crippen LogP contribution in [0.5, 0.6) is 0 Å². The molecule has 1 aliphatic heterocycles. The van der Waals surface area contributed by atoms with Crippen molar-refractivity contribution in [2.24, 2.45) is 17.6 Å². The zero-order valence-electron chi connectivity index (χ0n) is 23.1. The van der Waals surface area contributed by atoms with Gasteiger partial charge in [-0.3, -0.25) is 28.8 Å². The summed E-state index contributed by atoms with van der Waals surface area (Å²) in [5.41, 5.74) is 5.94. The average molecular weight is 538 g/mol. The molecule has 0 radical (unpaired) electrons. The van der Waals surface area contributed by atoms with Gasteiger partial charge >= 0.3 is 5.97 Å². The van der Waals surface area contributed by atoms with E-state index in [9.17, 15) is 28.8 Å². The molecule has 5 N–H and O–H groups in total. The molecule has 38 heavy (non-hydrogen) atoms. The number of amides is 4. The maximum atomic E-state index is 13.4. The van der Waals surface area contributed by atoms with E-state index in [1.807, 2.05) is 0 Å². The molecule has 1 rings (SSSR count). The molecule has 1 fully saturated rings. The second kappa shape index (κ2) is 15.9. The van der Waals surface area contributed by atoms with Crippen LogP contribution in [0.1, 0.15) is 60.3 Å². The van der Waals surface area contributed by atoms with Crippen LogP contribution in [0.4, 0.5) is 0 Å². The third kappa shape index (κ3) is 9.55. The number of nitrogens with two attached hydrogens (primary N) is 1. The van der Waals surface area contributed by atoms with Gasteiger partial charge in [-0.15, -0.1) is 0 Å². The Bertz CT molecular complexity index is 889. The Morgan fingerprint density at radius 1 is 1.08 bits per heavy atom. The lowest BCUT2D eigenvalue weighted by atomic mass is 9.99. The van der Waals surface area contributed by atoms with Crippen LogP contribution in [0.25, 0.3) is 0 Å². The minimum atomic E-state index is -1.13. The van der Waals surface area contributed by atoms with Gasteiger partial charge < -0.3 is 31.3 Å². The Kier molecular flexibility index (Phi) is 13.7. The molecule has 214 valence electrons. The molecule has 1 saturated heterocycles. The van der Waals surface area contributed by atoms with Gasteiger partial charge in [0.15, 0.2) is 0 Å². The predicted molar refractivity (Wildman–Crippen MR) is 140 cm³/mol. The van der Waals surface area contributed by atoms with Gasteiger partial charge in [0.25, 0.3) is 5.91 Å². The topological polar surface area (TPSA) is 177 Å². The monoisotopic (exact) mass is 537 g/mol. The van der Waals surface area contributed by atoms with Crippen LogP contribution in [0.3, 0.4) is 0 Å². The SMILES string of the molecule is C=CCOC(=O)CNC(=O)C(=O)C(CCC)NC(=O)[C@@H]1CCCN1C(=O)[C@@H](NC(=O)[C@@H](N)C(C)C)C(C)C. The van der Waals surface area contributed by atoms with E-state index in [1.165, 1.54) is 11.0 Å². The fraction of sp³-hybridized carbons (Fsp3) is 0.692. The van der Waals surface area contributed by atoms with Crippen molar-refractivity contribution >= 4 is 35.4 Å². The predicted octanol–water partition coefficient (Wildman–Crippen LogP) is -0.199. The molecular weight excluding hydrogens is 494 g/mol. The van der Waals surface area contributed by atoms with Crippen molar-refractivity contribution in [3.05, 3.63) is 12.7 Å². The summed E-state index contributed by atoms with van der Waals surface area (Å²) in [4.78, 5) is 77.2. The summed E-state index contributed by atoms with van der Waals surface area (Å²) in [6, 6.07) is -3.64. The fourth-order valence-corrected chi connectivity index (χ4v) is 3.97. The van der Waals surface area contributed by atoms with E-state index in [1.54, 1.807) is 34.6 Å². The number of Topliss-reactive ketones (excluding diaryl/α,β-unsaturated/α-hetero) is 1. The summed E-state index contributed by atoms with van der Waals surface area (Å²) in [7, 11) is 0. The van der Waals surface area contributed by atoms with Crippen molar-refractivity contribution in [3.63, 3.8) is 0 Å². The molecule has 0 saturated carbocycles. The molecular formula is C26H43N5O7. The van der Waals surface area contributed by atoms with Crippen LogP contribution in [0.15, 0.2) is 12.7 Å². The van der Waals surface area contributed by atoms with Crippen LogP contribution in [-0.2, 0) is 33.5 Å². The number of carbonyl (C=O) groups excluding carboxylic acids is 6. The molecule has 12 heteroatoms. The van der Waals surface area contributed by atoms with Gasteiger partial charge in [0.2, 0.25) is 23.5 Å². The van der Waals surface area contributed by atoms with Gasteiger partial charge in [-0.25, -0.2) is 0 Å². The fourth-order valence-electron chi connectivity index (χ4n) is 3.97. The molecule has 1 unspecified atom stereocenters. The molecule has 0 aromatic rings. The molecule has 4 atom stereocenters. The van der Waals surface area contributed by atoms with E-state index in [4.69, 9.17) is 10.5 Å². The third-order valence-corrected chi connectivity index (χ3v) is 6.28. The van der Waals surface area contributed by atoms with Crippen molar-refractivity contribution < 1.29 is 33.5 Å². The molecule has 0 spiro atoms. The number of nitrogens with one attached hydrogen (secondary N) is 3. The van der Waals surface area contributed by atoms with E-state index >= 15 is 0 Å². The van der Waals surface area contributed by atoms with Crippen molar-refractivity contribution in [1.82, 2.24) is 20.9 Å². The average Bonchev–Trinajstić information content (AvgIpc) is 3.37. The van der Waals surface area contributed by atoms with Crippen LogP contribution in [-0.4, -0.2) is 84.1 Å². The van der Waals surface area contributed by atoms with Crippen LogP contribution in [0, 0.1) is 11.8 Å². The zero-order chi connectivity index (χ0) is 29.0. The molecule has 1 aliphatic rings. The number of esters is 1. The smallest absolute Gasteiger partial charge is 0.325 e. The Balaban J connectivity index is 2.91. The van der Waals surface area contributed by atoms with Crippen LogP contribution in [0.2, 0.25) is 0 Å². The van der Waals surface area contributed by atoms with E-state index < -0.39 is 66.1 Å². The number of ether oxygens (including phenoxy) is 1. The van der Waals surface area contributed by atoms with Crippen LogP contribution >= 0.6 is 0 Å². The summed E-state index contributed by atoms with van der Waals surface area (Å²) in [5.74, 6) is -4.45. The molecule has 4 amide bonds. The van der Waals surface area contributed by atoms with Crippen LogP contribution < -0.4 is 21.7 Å². The Morgan fingerprint density at radius 2 is 1.74 bits per heavy atom. The molecule has 12 nitrogen and oxygen atoms in total. The highest BCUT2D eigenvalue weighted by atomic mass is 16.5. The summed E-state index contributed by atoms with van der Waals surface area (Å²) < 4.78 is 4.76. The Hall–Kier alpha value is -3.28. The van der Waals surface area contributed by atoms with E-state index in [0.29, 0.717) is 25.8 Å². The standard InChI is InChI=1S/C26H43N5O7/c1-7-10-17(22(33)25(36)28-14-19(32)38-13-8-2)29-23(34)18-11-9-12-31(18)26(37)21(16(5)6)30-24(35)20(27)15(3)4/h8,15-18,20-21H,2,7,9-14,27H2,1,3-6H3,(H,28,36)(H,29,34)(H,30,35)/t17?,18-,20-,21-/m0/s1. The maximum absolute atomic E-state index is 13.4. The molecule has 0 aromatic carbocycles. The number of hydrogen-bond acceptors (Lipinski definition) is 8. The number of carbonyl (C=O) groups is 6. The van der Waals surface area contributed by atoms with E-state index in [0.717, 1.165) is 0 Å². The first-order chi connectivity index (χ1) is 17.8. The van der Waals surface area contributed by atoms with Gasteiger partial charge in [0.1, 0.15) is 25.2 Å². The van der Waals surface area contributed by atoms with Gasteiger partial charge in [-0.1, -0.05) is 53.7 Å². The quantitative estimate of drug-likeness (QED) is 0.126. The highest BCUT2D eigenvalue weighted by molar-refractivity contribution is 6.38. The highest BCUT2D eigenvalue weighted by Crippen LogP contribution is 2.21. The minimum Gasteiger partial charge on any atom is -0.460 e.